The van der Waals surface area contributed by atoms with Crippen LogP contribution in [0.3, 0.4) is 0 Å². The van der Waals surface area contributed by atoms with Gasteiger partial charge in [0.1, 0.15) is 0 Å². The van der Waals surface area contributed by atoms with Gasteiger partial charge in [0.25, 0.3) is 0 Å². The minimum Gasteiger partial charge on any atom is -0.493 e. The molecule has 1 aromatic heterocycles. The highest BCUT2D eigenvalue weighted by atomic mass is 16.5. The van der Waals surface area contributed by atoms with E-state index in [-0.39, 0.29) is 6.04 Å². The predicted molar refractivity (Wildman–Crippen MR) is 123 cm³/mol. The highest BCUT2D eigenvalue weighted by molar-refractivity contribution is 5.50. The fraction of sp³-hybridized carbons (Fsp3) is 0.385. The second kappa shape index (κ2) is 8.06. The van der Waals surface area contributed by atoms with Gasteiger partial charge in [-0.25, -0.2) is 0 Å². The SMILES string of the molecule is COc1cc2c(cc1OC)C1C[C@H](N)[C@@H](c3ccc(-n4ccc(C)c4)cc3)CN1CC2. The lowest BCUT2D eigenvalue weighted by Gasteiger charge is -2.46. The van der Waals surface area contributed by atoms with Gasteiger partial charge in [0.2, 0.25) is 0 Å². The lowest BCUT2D eigenvalue weighted by Crippen LogP contribution is -2.49. The molecule has 0 spiro atoms. The van der Waals surface area contributed by atoms with Crippen molar-refractivity contribution in [3.63, 3.8) is 0 Å². The van der Waals surface area contributed by atoms with Crippen LogP contribution in [0.5, 0.6) is 11.5 Å². The first-order valence-corrected chi connectivity index (χ1v) is 11.1. The molecule has 0 aliphatic carbocycles. The number of aromatic nitrogens is 1. The molecule has 0 saturated carbocycles. The van der Waals surface area contributed by atoms with E-state index >= 15 is 0 Å². The summed E-state index contributed by atoms with van der Waals surface area (Å²) in [6, 6.07) is 15.8. The number of ether oxygens (including phenoxy) is 2. The molecule has 0 radical (unpaired) electrons. The Morgan fingerprint density at radius 3 is 2.42 bits per heavy atom. The number of hydrogen-bond acceptors (Lipinski definition) is 4. The molecule has 2 aliphatic heterocycles. The number of nitrogens with two attached hydrogens (primary N) is 1. The number of fused-ring (bicyclic) bond motifs is 3. The van der Waals surface area contributed by atoms with Gasteiger partial charge in [-0.05, 0) is 72.4 Å². The van der Waals surface area contributed by atoms with E-state index in [2.05, 4.69) is 71.2 Å². The van der Waals surface area contributed by atoms with Gasteiger partial charge in [-0.3, -0.25) is 4.90 Å². The molecule has 5 rings (SSSR count). The lowest BCUT2D eigenvalue weighted by molar-refractivity contribution is 0.109. The number of nitrogens with zero attached hydrogens (tertiary/aromatic N) is 2. The Balaban J connectivity index is 1.38. The third-order valence-electron chi connectivity index (χ3n) is 7.02. The van der Waals surface area contributed by atoms with Crippen molar-refractivity contribution in [3.8, 4) is 17.2 Å². The summed E-state index contributed by atoms with van der Waals surface area (Å²) in [7, 11) is 3.40. The fourth-order valence-corrected chi connectivity index (χ4v) is 5.29. The second-order valence-electron chi connectivity index (χ2n) is 8.86. The molecule has 2 aliphatic rings. The third kappa shape index (κ3) is 3.62. The Bertz CT molecular complexity index is 1070. The van der Waals surface area contributed by atoms with Gasteiger partial charge in [-0.15, -0.1) is 0 Å². The van der Waals surface area contributed by atoms with Crippen LogP contribution in [-0.2, 0) is 6.42 Å². The van der Waals surface area contributed by atoms with E-state index in [0.29, 0.717) is 12.0 Å². The van der Waals surface area contributed by atoms with E-state index in [1.54, 1.807) is 14.2 Å². The molecular weight excluding hydrogens is 386 g/mol. The molecule has 1 unspecified atom stereocenters. The molecule has 3 aromatic rings. The van der Waals surface area contributed by atoms with Crippen LogP contribution in [-0.4, -0.2) is 42.8 Å². The van der Waals surface area contributed by atoms with Crippen molar-refractivity contribution in [1.29, 1.82) is 0 Å². The summed E-state index contributed by atoms with van der Waals surface area (Å²) in [5, 5.41) is 0. The van der Waals surface area contributed by atoms with E-state index in [9.17, 15) is 0 Å². The van der Waals surface area contributed by atoms with Crippen molar-refractivity contribution in [2.75, 3.05) is 27.3 Å². The molecule has 3 atom stereocenters. The quantitative estimate of drug-likeness (QED) is 0.691. The monoisotopic (exact) mass is 417 g/mol. The molecule has 2 aromatic carbocycles. The predicted octanol–water partition coefficient (Wildman–Crippen LogP) is 4.22. The van der Waals surface area contributed by atoms with Crippen molar-refractivity contribution in [1.82, 2.24) is 9.47 Å². The first-order valence-electron chi connectivity index (χ1n) is 11.1. The van der Waals surface area contributed by atoms with Gasteiger partial charge in [0.15, 0.2) is 11.5 Å². The van der Waals surface area contributed by atoms with Gasteiger partial charge in [0.05, 0.1) is 14.2 Å². The third-order valence-corrected chi connectivity index (χ3v) is 7.02. The summed E-state index contributed by atoms with van der Waals surface area (Å²) < 4.78 is 13.2. The molecule has 1 fully saturated rings. The zero-order valence-electron chi connectivity index (χ0n) is 18.5. The zero-order chi connectivity index (χ0) is 21.5. The molecule has 0 bridgehead atoms. The topological polar surface area (TPSA) is 52.7 Å². The second-order valence-corrected chi connectivity index (χ2v) is 8.86. The van der Waals surface area contributed by atoms with E-state index in [1.807, 2.05) is 0 Å². The number of piperidine rings is 1. The fourth-order valence-electron chi connectivity index (χ4n) is 5.29. The summed E-state index contributed by atoms with van der Waals surface area (Å²) in [4.78, 5) is 2.60. The van der Waals surface area contributed by atoms with E-state index < -0.39 is 0 Å². The summed E-state index contributed by atoms with van der Waals surface area (Å²) in [6.07, 6.45) is 6.24. The van der Waals surface area contributed by atoms with Gasteiger partial charge in [0, 0.05) is 49.2 Å². The maximum absolute atomic E-state index is 6.77. The minimum atomic E-state index is 0.125. The van der Waals surface area contributed by atoms with Crippen LogP contribution in [0.2, 0.25) is 0 Å². The van der Waals surface area contributed by atoms with Gasteiger partial charge >= 0.3 is 0 Å². The smallest absolute Gasteiger partial charge is 0.161 e. The normalized spacial score (nSPS) is 23.2. The highest BCUT2D eigenvalue weighted by Crippen LogP contribution is 2.44. The molecule has 3 heterocycles. The Labute approximate surface area is 184 Å². The first kappa shape index (κ1) is 20.2. The standard InChI is InChI=1S/C26H31N3O2/c1-17-8-10-28(15-17)20-6-4-18(5-7-20)22-16-29-11-9-19-12-25(30-2)26(31-3)13-21(19)24(29)14-23(22)27/h4-8,10,12-13,15,22-24H,9,11,14,16,27H2,1-3H3/t22-,23+,24?/m1/s1. The molecule has 2 N–H and O–H groups in total. The van der Waals surface area contributed by atoms with Gasteiger partial charge < -0.3 is 19.8 Å². The van der Waals surface area contributed by atoms with Crippen molar-refractivity contribution >= 4 is 0 Å². The largest absolute Gasteiger partial charge is 0.493 e. The van der Waals surface area contributed by atoms with Gasteiger partial charge in [-0.1, -0.05) is 12.1 Å². The van der Waals surface area contributed by atoms with Crippen molar-refractivity contribution in [2.45, 2.75) is 37.8 Å². The Morgan fingerprint density at radius 1 is 1.00 bits per heavy atom. The maximum atomic E-state index is 6.77. The molecule has 5 nitrogen and oxygen atoms in total. The number of methoxy groups -OCH3 is 2. The average molecular weight is 418 g/mol. The summed E-state index contributed by atoms with van der Waals surface area (Å²) in [5.74, 6) is 1.96. The Kier molecular flexibility index (Phi) is 5.24. The lowest BCUT2D eigenvalue weighted by atomic mass is 9.78. The minimum absolute atomic E-state index is 0.125. The van der Waals surface area contributed by atoms with Gasteiger partial charge in [-0.2, -0.15) is 0 Å². The van der Waals surface area contributed by atoms with E-state index in [4.69, 9.17) is 15.2 Å². The van der Waals surface area contributed by atoms with Crippen molar-refractivity contribution in [2.24, 2.45) is 5.73 Å². The average Bonchev–Trinajstić information content (AvgIpc) is 3.24. The van der Waals surface area contributed by atoms with Crippen LogP contribution in [0.4, 0.5) is 0 Å². The van der Waals surface area contributed by atoms with E-state index in [0.717, 1.165) is 37.4 Å². The molecule has 1 saturated heterocycles. The molecule has 0 amide bonds. The molecule has 31 heavy (non-hydrogen) atoms. The number of aryl methyl sites for hydroxylation is 1. The first-order chi connectivity index (χ1) is 15.1. The molecular formula is C26H31N3O2. The summed E-state index contributed by atoms with van der Waals surface area (Å²) >= 11 is 0. The van der Waals surface area contributed by atoms with Crippen molar-refractivity contribution < 1.29 is 9.47 Å². The van der Waals surface area contributed by atoms with Crippen molar-refractivity contribution in [3.05, 3.63) is 77.1 Å². The van der Waals surface area contributed by atoms with Crippen LogP contribution < -0.4 is 15.2 Å². The van der Waals surface area contributed by atoms with Crippen LogP contribution in [0.1, 0.15) is 40.6 Å². The summed E-state index contributed by atoms with van der Waals surface area (Å²) in [6.45, 7) is 4.16. The highest BCUT2D eigenvalue weighted by Gasteiger charge is 2.38. The van der Waals surface area contributed by atoms with Crippen LogP contribution in [0.15, 0.2) is 54.9 Å². The Morgan fingerprint density at radius 2 is 1.74 bits per heavy atom. The number of benzene rings is 2. The van der Waals surface area contributed by atoms with Crippen LogP contribution in [0, 0.1) is 6.92 Å². The molecule has 5 heteroatoms. The molecule has 162 valence electrons. The van der Waals surface area contributed by atoms with E-state index in [1.165, 1.54) is 27.9 Å². The zero-order valence-corrected chi connectivity index (χ0v) is 18.5. The summed E-state index contributed by atoms with van der Waals surface area (Å²) in [5.41, 5.74) is 13.3. The van der Waals surface area contributed by atoms with Crippen LogP contribution >= 0.6 is 0 Å². The maximum Gasteiger partial charge on any atom is 0.161 e. The number of rotatable bonds is 4. The van der Waals surface area contributed by atoms with Crippen LogP contribution in [0.25, 0.3) is 5.69 Å². The Hall–Kier alpha value is -2.76. The number of hydrogen-bond donors (Lipinski definition) is 1.